The molecule has 4 rings (SSSR count). The number of para-hydroxylation sites is 1. The van der Waals surface area contributed by atoms with Gasteiger partial charge in [-0.15, -0.1) is 11.3 Å². The molecule has 0 radical (unpaired) electrons. The Bertz CT molecular complexity index is 1720. The maximum absolute atomic E-state index is 13.8. The maximum Gasteiger partial charge on any atom is 0.323 e. The lowest BCUT2D eigenvalue weighted by Crippen LogP contribution is -2.37. The number of aliphatic carboxylic acids is 3. The van der Waals surface area contributed by atoms with Gasteiger partial charge in [0.25, 0.3) is 11.5 Å². The number of anilines is 1. The molecule has 0 unspecified atom stereocenters. The number of benzene rings is 1. The van der Waals surface area contributed by atoms with Crippen LogP contribution in [0.15, 0.2) is 45.1 Å². The Morgan fingerprint density at radius 2 is 1.62 bits per heavy atom. The minimum Gasteiger partial charge on any atom is -0.481 e. The van der Waals surface area contributed by atoms with E-state index in [2.05, 4.69) is 0 Å². The average Bonchev–Trinajstić information content (AvgIpc) is 3.48. The zero-order valence-electron chi connectivity index (χ0n) is 22.8. The van der Waals surface area contributed by atoms with Gasteiger partial charge in [0.15, 0.2) is 0 Å². The summed E-state index contributed by atoms with van der Waals surface area (Å²) in [5.74, 6) is -4.15. The van der Waals surface area contributed by atoms with Crippen molar-refractivity contribution < 1.29 is 34.5 Å². The third kappa shape index (κ3) is 6.64. The standard InChI is InChI=1S/C27H27N3O8S4/c1-27(2,3)14(11-17-28(10-6-9-18(31)32)15-7-4-5-8-16(15)40-17)21-23(37)29(12-19(33)34)25(41-21)22-24(38)30(13-20(35)36)26(39)42-22/h4-5,7-8,11H,6,9-10,12-13H2,1-3H3,(H,31,32)(H,33,34)(H,35,36). The second kappa shape index (κ2) is 12.5. The topological polar surface area (TPSA) is 157 Å². The molecule has 42 heavy (non-hydrogen) atoms. The fourth-order valence-corrected chi connectivity index (χ4v) is 8.26. The van der Waals surface area contributed by atoms with Gasteiger partial charge in [-0.3, -0.25) is 33.4 Å². The maximum atomic E-state index is 13.8. The molecule has 2 aliphatic heterocycles. The number of hydrogen-bond acceptors (Lipinski definition) is 10. The second-order valence-electron chi connectivity index (χ2n) is 10.4. The van der Waals surface area contributed by atoms with Crippen molar-refractivity contribution in [1.82, 2.24) is 9.47 Å². The number of nitrogens with zero attached hydrogens (tertiary/aromatic N) is 3. The summed E-state index contributed by atoms with van der Waals surface area (Å²) >= 11 is 8.49. The van der Waals surface area contributed by atoms with Gasteiger partial charge in [-0.1, -0.05) is 68.6 Å². The van der Waals surface area contributed by atoms with Gasteiger partial charge in [0.2, 0.25) is 0 Å². The molecule has 0 atom stereocenters. The molecule has 2 aromatic rings. The molecule has 0 bridgehead atoms. The lowest BCUT2D eigenvalue weighted by molar-refractivity contribution is -0.140. The van der Waals surface area contributed by atoms with Gasteiger partial charge < -0.3 is 20.2 Å². The average molecular weight is 650 g/mol. The number of allylic oxidation sites excluding steroid dienone is 1. The first kappa shape index (κ1) is 31.5. The van der Waals surface area contributed by atoms with Crippen LogP contribution >= 0.6 is 47.1 Å². The van der Waals surface area contributed by atoms with E-state index in [0.717, 1.165) is 48.2 Å². The number of carbonyl (C=O) groups is 4. The van der Waals surface area contributed by atoms with Crippen LogP contribution in [-0.4, -0.2) is 66.0 Å². The Labute approximate surface area is 257 Å². The van der Waals surface area contributed by atoms with Crippen LogP contribution in [0.4, 0.5) is 5.69 Å². The van der Waals surface area contributed by atoms with Gasteiger partial charge >= 0.3 is 17.9 Å². The fraction of sp³-hybridized carbons (Fsp3) is 0.333. The van der Waals surface area contributed by atoms with Gasteiger partial charge in [0.05, 0.1) is 15.2 Å². The molecular formula is C27H27N3O8S4. The first-order valence-electron chi connectivity index (χ1n) is 12.6. The third-order valence-corrected chi connectivity index (χ3v) is 10.1. The Morgan fingerprint density at radius 3 is 2.24 bits per heavy atom. The zero-order valence-corrected chi connectivity index (χ0v) is 26.0. The Hall–Kier alpha value is -3.40. The summed E-state index contributed by atoms with van der Waals surface area (Å²) in [4.78, 5) is 65.1. The first-order chi connectivity index (χ1) is 19.7. The van der Waals surface area contributed by atoms with Gasteiger partial charge in [-0.2, -0.15) is 0 Å². The van der Waals surface area contributed by atoms with Crippen LogP contribution in [0.5, 0.6) is 0 Å². The smallest absolute Gasteiger partial charge is 0.323 e. The summed E-state index contributed by atoms with van der Waals surface area (Å²) in [5, 5.41) is 28.8. The van der Waals surface area contributed by atoms with E-state index in [4.69, 9.17) is 17.3 Å². The molecule has 0 spiro atoms. The first-order valence-corrected chi connectivity index (χ1v) is 15.5. The minimum atomic E-state index is -1.29. The van der Waals surface area contributed by atoms with Crippen LogP contribution in [0.3, 0.4) is 0 Å². The number of hydrogen-bond donors (Lipinski definition) is 3. The molecule has 0 aliphatic carbocycles. The van der Waals surface area contributed by atoms with E-state index >= 15 is 0 Å². The Kier molecular flexibility index (Phi) is 9.35. The van der Waals surface area contributed by atoms with Gasteiger partial charge in [-0.05, 0) is 35.6 Å². The highest BCUT2D eigenvalue weighted by Crippen LogP contribution is 2.47. The quantitative estimate of drug-likeness (QED) is 0.342. The van der Waals surface area contributed by atoms with Crippen molar-refractivity contribution in [3.05, 3.63) is 54.9 Å². The lowest BCUT2D eigenvalue weighted by Gasteiger charge is -2.24. The van der Waals surface area contributed by atoms with E-state index in [1.165, 1.54) is 11.8 Å². The molecule has 2 aliphatic rings. The Balaban J connectivity index is 1.97. The molecule has 1 amide bonds. The van der Waals surface area contributed by atoms with Crippen molar-refractivity contribution in [3.8, 4) is 0 Å². The molecular weight excluding hydrogens is 623 g/mol. The number of carbonyl (C=O) groups excluding carboxylic acids is 1. The molecule has 1 aromatic heterocycles. The summed E-state index contributed by atoms with van der Waals surface area (Å²) in [6.45, 7) is 4.80. The van der Waals surface area contributed by atoms with Crippen LogP contribution in [0, 0.1) is 5.41 Å². The summed E-state index contributed by atoms with van der Waals surface area (Å²) in [5.41, 5.74) is 0.306. The van der Waals surface area contributed by atoms with Crippen molar-refractivity contribution in [2.75, 3.05) is 18.0 Å². The molecule has 0 saturated carbocycles. The highest BCUT2D eigenvalue weighted by molar-refractivity contribution is 8.30. The summed E-state index contributed by atoms with van der Waals surface area (Å²) in [6, 6.07) is 7.69. The van der Waals surface area contributed by atoms with Crippen molar-refractivity contribution in [2.45, 2.75) is 45.1 Å². The van der Waals surface area contributed by atoms with Crippen LogP contribution < -0.4 is 19.7 Å². The lowest BCUT2D eigenvalue weighted by atomic mass is 9.86. The van der Waals surface area contributed by atoms with Crippen LogP contribution in [0.1, 0.15) is 33.6 Å². The SMILES string of the molecule is CC(C)(C)C(C=C1Sc2ccccc2N1CCCC(=O)O)=c1sc(=C2SC(=S)N(CC(=O)O)C2=O)n(CC(=O)O)c1=O. The van der Waals surface area contributed by atoms with Gasteiger partial charge in [0, 0.05) is 17.9 Å². The number of carboxylic acids is 3. The highest BCUT2D eigenvalue weighted by Gasteiger charge is 2.36. The fourth-order valence-electron chi connectivity index (χ4n) is 4.35. The molecule has 1 saturated heterocycles. The van der Waals surface area contributed by atoms with E-state index in [1.54, 1.807) is 0 Å². The monoisotopic (exact) mass is 649 g/mol. The predicted molar refractivity (Wildman–Crippen MR) is 166 cm³/mol. The molecule has 11 nitrogen and oxygen atoms in total. The number of rotatable bonds is 9. The number of carboxylic acid groups (broad SMARTS) is 3. The van der Waals surface area contributed by atoms with Crippen LogP contribution in [-0.2, 0) is 25.7 Å². The van der Waals surface area contributed by atoms with Crippen LogP contribution in [0.25, 0.3) is 10.5 Å². The largest absolute Gasteiger partial charge is 0.481 e. The van der Waals surface area contributed by atoms with Crippen molar-refractivity contribution in [3.63, 3.8) is 0 Å². The van der Waals surface area contributed by atoms with E-state index < -0.39 is 47.9 Å². The molecule has 222 valence electrons. The van der Waals surface area contributed by atoms with Gasteiger partial charge in [0.1, 0.15) is 27.0 Å². The van der Waals surface area contributed by atoms with Crippen molar-refractivity contribution >= 4 is 91.4 Å². The molecule has 3 heterocycles. The summed E-state index contributed by atoms with van der Waals surface area (Å²) < 4.78 is 1.34. The van der Waals surface area contributed by atoms with Crippen molar-refractivity contribution in [2.24, 2.45) is 5.41 Å². The number of thioether (sulfide) groups is 2. The highest BCUT2D eigenvalue weighted by atomic mass is 32.2. The van der Waals surface area contributed by atoms with E-state index in [1.807, 2.05) is 56.0 Å². The second-order valence-corrected chi connectivity index (χ2v) is 14.1. The molecule has 1 fully saturated rings. The third-order valence-electron chi connectivity index (χ3n) is 6.24. The van der Waals surface area contributed by atoms with E-state index in [-0.39, 0.29) is 24.8 Å². The number of thiazole rings is 1. The number of fused-ring (bicyclic) bond motifs is 1. The molecule has 15 heteroatoms. The number of amides is 1. The van der Waals surface area contributed by atoms with Crippen molar-refractivity contribution in [1.29, 1.82) is 0 Å². The number of aromatic nitrogens is 1. The molecule has 3 N–H and O–H groups in total. The summed E-state index contributed by atoms with van der Waals surface area (Å²) in [6.07, 6.45) is 2.25. The van der Waals surface area contributed by atoms with E-state index in [9.17, 15) is 34.2 Å². The molecule has 1 aromatic carbocycles. The Morgan fingerprint density at radius 1 is 0.952 bits per heavy atom. The minimum absolute atomic E-state index is 0.000870. The van der Waals surface area contributed by atoms with Gasteiger partial charge in [-0.25, -0.2) is 0 Å². The van der Waals surface area contributed by atoms with E-state index in [0.29, 0.717) is 18.5 Å². The van der Waals surface area contributed by atoms with Crippen LogP contribution in [0.2, 0.25) is 0 Å². The normalized spacial score (nSPS) is 18.1. The zero-order chi connectivity index (χ0) is 30.9. The predicted octanol–water partition coefficient (Wildman–Crippen LogP) is 2.56. The number of thiocarbonyl (C=S) groups is 1. The summed E-state index contributed by atoms with van der Waals surface area (Å²) in [7, 11) is 0.